The zero-order chi connectivity index (χ0) is 14.0. The Bertz CT molecular complexity index is 638. The molecule has 0 saturated carbocycles. The van der Waals surface area contributed by atoms with Crippen molar-refractivity contribution in [3.63, 3.8) is 0 Å². The third kappa shape index (κ3) is 4.84. The third-order valence-electron chi connectivity index (χ3n) is 2.03. The van der Waals surface area contributed by atoms with Crippen molar-refractivity contribution in [1.29, 1.82) is 0 Å². The molecule has 0 aliphatic carbocycles. The van der Waals surface area contributed by atoms with Gasteiger partial charge in [0.1, 0.15) is 9.84 Å². The van der Waals surface area contributed by atoms with Gasteiger partial charge in [0.25, 0.3) is 0 Å². The second-order valence-electron chi connectivity index (χ2n) is 3.72. The number of benzene rings is 1. The van der Waals surface area contributed by atoms with E-state index < -0.39 is 19.9 Å². The molecule has 1 aromatic rings. The molecule has 0 aromatic heterocycles. The van der Waals surface area contributed by atoms with Gasteiger partial charge in [0.15, 0.2) is 0 Å². The summed E-state index contributed by atoms with van der Waals surface area (Å²) < 4.78 is 44.3. The van der Waals surface area contributed by atoms with Crippen LogP contribution in [0.15, 0.2) is 28.0 Å². The van der Waals surface area contributed by atoms with Crippen LogP contribution in [0.25, 0.3) is 0 Å². The number of nitrogen functional groups attached to an aromatic ring is 1. The summed E-state index contributed by atoms with van der Waals surface area (Å²) in [6.07, 6.45) is 1.14. The van der Waals surface area contributed by atoms with Crippen molar-refractivity contribution in [3.05, 3.63) is 18.2 Å². The Hall–Kier alpha value is -0.770. The van der Waals surface area contributed by atoms with Crippen LogP contribution in [0.2, 0.25) is 0 Å². The number of sulfonamides is 1. The van der Waals surface area contributed by atoms with E-state index in [4.69, 9.17) is 10.9 Å². The smallest absolute Gasteiger partial charge is 0.238 e. The molecule has 0 radical (unpaired) electrons. The lowest BCUT2D eigenvalue weighted by Gasteiger charge is -2.07. The van der Waals surface area contributed by atoms with Gasteiger partial charge in [-0.2, -0.15) is 0 Å². The summed E-state index contributed by atoms with van der Waals surface area (Å²) in [7, 11) is -6.83. The highest BCUT2D eigenvalue weighted by atomic mass is 32.2. The van der Waals surface area contributed by atoms with Gasteiger partial charge in [0, 0.05) is 22.6 Å². The highest BCUT2D eigenvalue weighted by molar-refractivity contribution is 8.00. The van der Waals surface area contributed by atoms with Crippen LogP contribution in [0.4, 0.5) is 5.69 Å². The SMILES string of the molecule is CS(=O)(=O)CCSc1cc(S(N)(=O)=O)ccc1N. The lowest BCUT2D eigenvalue weighted by molar-refractivity contribution is 0.597. The Labute approximate surface area is 111 Å². The molecule has 18 heavy (non-hydrogen) atoms. The molecule has 0 atom stereocenters. The van der Waals surface area contributed by atoms with E-state index in [0.29, 0.717) is 16.3 Å². The Morgan fingerprint density at radius 1 is 1.22 bits per heavy atom. The van der Waals surface area contributed by atoms with Crippen molar-refractivity contribution < 1.29 is 16.8 Å². The van der Waals surface area contributed by atoms with Gasteiger partial charge >= 0.3 is 0 Å². The maximum atomic E-state index is 11.2. The monoisotopic (exact) mass is 310 g/mol. The molecular formula is C9H14N2O4S3. The largest absolute Gasteiger partial charge is 0.398 e. The number of hydrogen-bond donors (Lipinski definition) is 2. The molecule has 0 unspecified atom stereocenters. The van der Waals surface area contributed by atoms with E-state index >= 15 is 0 Å². The number of primary sulfonamides is 1. The summed E-state index contributed by atoms with van der Waals surface area (Å²) in [6.45, 7) is 0. The first-order chi connectivity index (χ1) is 8.09. The summed E-state index contributed by atoms with van der Waals surface area (Å²) in [5.41, 5.74) is 6.07. The lowest BCUT2D eigenvalue weighted by atomic mass is 10.3. The first-order valence-corrected chi connectivity index (χ1v) is 9.42. The Balaban J connectivity index is 2.89. The van der Waals surface area contributed by atoms with Crippen LogP contribution >= 0.6 is 11.8 Å². The minimum absolute atomic E-state index is 0.00326. The van der Waals surface area contributed by atoms with Crippen LogP contribution in [-0.4, -0.2) is 34.6 Å². The first-order valence-electron chi connectivity index (χ1n) is 4.82. The van der Waals surface area contributed by atoms with E-state index in [1.54, 1.807) is 0 Å². The highest BCUT2D eigenvalue weighted by Gasteiger charge is 2.11. The number of rotatable bonds is 5. The van der Waals surface area contributed by atoms with Crippen molar-refractivity contribution in [2.75, 3.05) is 23.5 Å². The average molecular weight is 310 g/mol. The maximum absolute atomic E-state index is 11.2. The van der Waals surface area contributed by atoms with Crippen LogP contribution in [0, 0.1) is 0 Å². The van der Waals surface area contributed by atoms with Gasteiger partial charge < -0.3 is 5.73 Å². The molecule has 1 rings (SSSR count). The topological polar surface area (TPSA) is 120 Å². The average Bonchev–Trinajstić information content (AvgIpc) is 2.17. The predicted molar refractivity (Wildman–Crippen MR) is 72.7 cm³/mol. The molecule has 0 saturated heterocycles. The van der Waals surface area contributed by atoms with E-state index in [9.17, 15) is 16.8 Å². The minimum Gasteiger partial charge on any atom is -0.398 e. The van der Waals surface area contributed by atoms with E-state index in [2.05, 4.69) is 0 Å². The van der Waals surface area contributed by atoms with Gasteiger partial charge in [-0.1, -0.05) is 0 Å². The molecule has 0 amide bonds. The third-order valence-corrected chi connectivity index (χ3v) is 5.21. The normalized spacial score (nSPS) is 12.6. The lowest BCUT2D eigenvalue weighted by Crippen LogP contribution is -2.12. The summed E-state index contributed by atoms with van der Waals surface area (Å²) in [4.78, 5) is 0.462. The van der Waals surface area contributed by atoms with Crippen LogP contribution in [0.3, 0.4) is 0 Å². The molecule has 0 spiro atoms. The van der Waals surface area contributed by atoms with Crippen molar-refractivity contribution >= 4 is 37.3 Å². The van der Waals surface area contributed by atoms with Crippen LogP contribution in [-0.2, 0) is 19.9 Å². The Morgan fingerprint density at radius 2 is 1.83 bits per heavy atom. The second kappa shape index (κ2) is 5.47. The van der Waals surface area contributed by atoms with E-state index in [1.165, 1.54) is 30.0 Å². The minimum atomic E-state index is -3.78. The van der Waals surface area contributed by atoms with Gasteiger partial charge in [-0.3, -0.25) is 0 Å². The molecule has 102 valence electrons. The summed E-state index contributed by atoms with van der Waals surface area (Å²) in [6, 6.07) is 4.09. The van der Waals surface area contributed by atoms with Crippen molar-refractivity contribution in [2.45, 2.75) is 9.79 Å². The van der Waals surface area contributed by atoms with Crippen molar-refractivity contribution in [1.82, 2.24) is 0 Å². The molecule has 9 heteroatoms. The van der Waals surface area contributed by atoms with Gasteiger partial charge in [-0.15, -0.1) is 11.8 Å². The molecule has 0 fully saturated rings. The zero-order valence-corrected chi connectivity index (χ0v) is 12.1. The van der Waals surface area contributed by atoms with Gasteiger partial charge in [0.2, 0.25) is 10.0 Å². The van der Waals surface area contributed by atoms with E-state index in [1.807, 2.05) is 0 Å². The fourth-order valence-electron chi connectivity index (χ4n) is 1.12. The second-order valence-corrected chi connectivity index (χ2v) is 8.68. The first kappa shape index (κ1) is 15.3. The Kier molecular flexibility index (Phi) is 4.65. The van der Waals surface area contributed by atoms with Gasteiger partial charge in [-0.25, -0.2) is 22.0 Å². The van der Waals surface area contributed by atoms with Crippen LogP contribution in [0.5, 0.6) is 0 Å². The van der Waals surface area contributed by atoms with Crippen LogP contribution < -0.4 is 10.9 Å². The van der Waals surface area contributed by atoms with E-state index in [0.717, 1.165) is 6.26 Å². The number of sulfone groups is 1. The maximum Gasteiger partial charge on any atom is 0.238 e. The van der Waals surface area contributed by atoms with E-state index in [-0.39, 0.29) is 10.6 Å². The molecule has 0 bridgehead atoms. The molecule has 1 aromatic carbocycles. The molecule has 0 aliphatic rings. The van der Waals surface area contributed by atoms with Crippen molar-refractivity contribution in [3.8, 4) is 0 Å². The van der Waals surface area contributed by atoms with Gasteiger partial charge in [-0.05, 0) is 18.2 Å². The summed E-state index contributed by atoms with van der Waals surface area (Å²) in [5.74, 6) is 0.299. The number of anilines is 1. The summed E-state index contributed by atoms with van der Waals surface area (Å²) in [5, 5.41) is 5.00. The fourth-order valence-corrected chi connectivity index (χ4v) is 3.94. The molecular weight excluding hydrogens is 296 g/mol. The molecule has 4 N–H and O–H groups in total. The number of nitrogens with two attached hydrogens (primary N) is 2. The fraction of sp³-hybridized carbons (Fsp3) is 0.333. The quantitative estimate of drug-likeness (QED) is 0.586. The number of thioether (sulfide) groups is 1. The highest BCUT2D eigenvalue weighted by Crippen LogP contribution is 2.27. The Morgan fingerprint density at radius 3 is 2.33 bits per heavy atom. The molecule has 0 heterocycles. The zero-order valence-electron chi connectivity index (χ0n) is 9.66. The van der Waals surface area contributed by atoms with Crippen LogP contribution in [0.1, 0.15) is 0 Å². The standard InChI is InChI=1S/C9H14N2O4S3/c1-17(12,13)5-4-16-9-6-7(18(11,14)15)2-3-8(9)10/h2-3,6H,4-5,10H2,1H3,(H2,11,14,15). The molecule has 0 aliphatic heterocycles. The molecule has 6 nitrogen and oxygen atoms in total. The van der Waals surface area contributed by atoms with Crippen molar-refractivity contribution in [2.24, 2.45) is 5.14 Å². The van der Waals surface area contributed by atoms with Gasteiger partial charge in [0.05, 0.1) is 10.6 Å². The predicted octanol–water partition coefficient (Wildman–Crippen LogP) is 0.0529. The summed E-state index contributed by atoms with van der Waals surface area (Å²) >= 11 is 1.18. The number of hydrogen-bond acceptors (Lipinski definition) is 6.